The van der Waals surface area contributed by atoms with Crippen molar-refractivity contribution in [3.8, 4) is 5.75 Å². The zero-order valence-corrected chi connectivity index (χ0v) is 14.1. The summed E-state index contributed by atoms with van der Waals surface area (Å²) in [5.41, 5.74) is 6.16. The van der Waals surface area contributed by atoms with E-state index in [-0.39, 0.29) is 30.9 Å². The third-order valence-electron chi connectivity index (χ3n) is 4.25. The number of carbonyl (C=O) groups is 1. The van der Waals surface area contributed by atoms with Gasteiger partial charge in [0.25, 0.3) is 0 Å². The molecule has 140 valence electrons. The van der Waals surface area contributed by atoms with Gasteiger partial charge in [-0.25, -0.2) is 0 Å². The maximum absolute atomic E-state index is 12.7. The topological polar surface area (TPSA) is 64.8 Å². The van der Waals surface area contributed by atoms with Crippen LogP contribution in [0, 0.1) is 0 Å². The van der Waals surface area contributed by atoms with Crippen LogP contribution in [0.4, 0.5) is 13.2 Å². The average Bonchev–Trinajstić information content (AvgIpc) is 3.06. The molecule has 1 amide bonds. The number of halogens is 3. The van der Waals surface area contributed by atoms with Gasteiger partial charge in [-0.15, -0.1) is 13.2 Å². The Kier molecular flexibility index (Phi) is 6.66. The molecule has 0 aromatic heterocycles. The van der Waals surface area contributed by atoms with Gasteiger partial charge in [-0.05, 0) is 18.9 Å². The summed E-state index contributed by atoms with van der Waals surface area (Å²) in [6, 6.07) is 4.97. The molecule has 0 spiro atoms. The summed E-state index contributed by atoms with van der Waals surface area (Å²) in [7, 11) is 1.44. The van der Waals surface area contributed by atoms with Gasteiger partial charge in [0.05, 0.1) is 6.61 Å². The zero-order chi connectivity index (χ0) is 18.4. The van der Waals surface area contributed by atoms with Gasteiger partial charge in [0.1, 0.15) is 11.8 Å². The van der Waals surface area contributed by atoms with Crippen LogP contribution in [0.3, 0.4) is 0 Å². The first kappa shape index (κ1) is 19.5. The van der Waals surface area contributed by atoms with E-state index in [2.05, 4.69) is 4.74 Å². The smallest absolute Gasteiger partial charge is 0.405 e. The Hall–Kier alpha value is -1.80. The fraction of sp³-hybridized carbons (Fsp3) is 0.588. The molecule has 1 unspecified atom stereocenters. The zero-order valence-electron chi connectivity index (χ0n) is 14.1. The van der Waals surface area contributed by atoms with E-state index in [1.165, 1.54) is 25.3 Å². The highest BCUT2D eigenvalue weighted by atomic mass is 19.4. The molecule has 0 bridgehead atoms. The molecule has 0 aliphatic heterocycles. The number of methoxy groups -OCH3 is 1. The Morgan fingerprint density at radius 3 is 2.56 bits per heavy atom. The predicted octanol–water partition coefficient (Wildman–Crippen LogP) is 2.83. The molecule has 2 rings (SSSR count). The summed E-state index contributed by atoms with van der Waals surface area (Å²) >= 11 is 0. The van der Waals surface area contributed by atoms with E-state index in [1.807, 2.05) is 0 Å². The van der Waals surface area contributed by atoms with E-state index in [0.717, 1.165) is 25.7 Å². The summed E-state index contributed by atoms with van der Waals surface area (Å²) in [6.45, 7) is 0.0793. The predicted molar refractivity (Wildman–Crippen MR) is 85.8 cm³/mol. The minimum absolute atomic E-state index is 0.0210. The molecule has 1 atom stereocenters. The number of hydrogen-bond acceptors (Lipinski definition) is 4. The number of nitrogens with zero attached hydrogens (tertiary/aromatic N) is 1. The van der Waals surface area contributed by atoms with E-state index in [9.17, 15) is 18.0 Å². The van der Waals surface area contributed by atoms with Gasteiger partial charge in [0.2, 0.25) is 5.91 Å². The van der Waals surface area contributed by atoms with Crippen LogP contribution in [0.1, 0.15) is 31.2 Å². The van der Waals surface area contributed by atoms with Crippen molar-refractivity contribution in [3.05, 3.63) is 29.8 Å². The molecule has 0 saturated heterocycles. The third-order valence-corrected chi connectivity index (χ3v) is 4.25. The lowest BCUT2D eigenvalue weighted by molar-refractivity contribution is -0.275. The number of amides is 1. The first-order valence-electron chi connectivity index (χ1n) is 8.20. The van der Waals surface area contributed by atoms with Crippen LogP contribution in [0.25, 0.3) is 0 Å². The van der Waals surface area contributed by atoms with Crippen molar-refractivity contribution in [3.63, 3.8) is 0 Å². The molecular weight excluding hydrogens is 337 g/mol. The van der Waals surface area contributed by atoms with Crippen molar-refractivity contribution < 1.29 is 27.4 Å². The van der Waals surface area contributed by atoms with Crippen molar-refractivity contribution in [1.29, 1.82) is 0 Å². The van der Waals surface area contributed by atoms with E-state index in [4.69, 9.17) is 10.5 Å². The van der Waals surface area contributed by atoms with Gasteiger partial charge in [0, 0.05) is 25.3 Å². The largest absolute Gasteiger partial charge is 0.573 e. The molecule has 0 radical (unpaired) electrons. The molecule has 2 N–H and O–H groups in total. The van der Waals surface area contributed by atoms with Crippen LogP contribution in [-0.2, 0) is 16.1 Å². The van der Waals surface area contributed by atoms with Crippen molar-refractivity contribution >= 4 is 5.91 Å². The summed E-state index contributed by atoms with van der Waals surface area (Å²) in [4.78, 5) is 14.2. The molecule has 0 heterocycles. The van der Waals surface area contributed by atoms with Crippen LogP contribution in [-0.4, -0.2) is 43.0 Å². The van der Waals surface area contributed by atoms with Crippen molar-refractivity contribution in [1.82, 2.24) is 4.90 Å². The van der Waals surface area contributed by atoms with Crippen molar-refractivity contribution in [2.24, 2.45) is 5.73 Å². The van der Waals surface area contributed by atoms with E-state index >= 15 is 0 Å². The molecule has 1 aromatic carbocycles. The van der Waals surface area contributed by atoms with E-state index in [0.29, 0.717) is 5.56 Å². The lowest BCUT2D eigenvalue weighted by Crippen LogP contribution is -2.49. The number of nitrogens with two attached hydrogens (primary N) is 1. The Morgan fingerprint density at radius 2 is 1.96 bits per heavy atom. The van der Waals surface area contributed by atoms with Crippen molar-refractivity contribution in [2.45, 2.75) is 50.7 Å². The van der Waals surface area contributed by atoms with Gasteiger partial charge in [-0.2, -0.15) is 0 Å². The number of para-hydroxylation sites is 1. The SMILES string of the molecule is COCC(N)C(=O)N(Cc1ccccc1OC(F)(F)F)C1CCCC1. The highest BCUT2D eigenvalue weighted by Gasteiger charge is 2.34. The Bertz CT molecular complexity index is 575. The number of alkyl halides is 3. The maximum Gasteiger partial charge on any atom is 0.573 e. The fourth-order valence-corrected chi connectivity index (χ4v) is 3.11. The van der Waals surface area contributed by atoms with Crippen LogP contribution < -0.4 is 10.5 Å². The lowest BCUT2D eigenvalue weighted by atomic mass is 10.1. The van der Waals surface area contributed by atoms with Crippen molar-refractivity contribution in [2.75, 3.05) is 13.7 Å². The molecule has 1 aromatic rings. The van der Waals surface area contributed by atoms with E-state index in [1.54, 1.807) is 11.0 Å². The van der Waals surface area contributed by atoms with Gasteiger partial charge in [-0.1, -0.05) is 31.0 Å². The van der Waals surface area contributed by atoms with Crippen LogP contribution in [0.15, 0.2) is 24.3 Å². The standard InChI is InChI=1S/C17H23F3N2O3/c1-24-11-14(21)16(23)22(13-7-3-4-8-13)10-12-6-2-5-9-15(12)25-17(18,19)20/h2,5-6,9,13-14H,3-4,7-8,10-11,21H2,1H3. The highest BCUT2D eigenvalue weighted by molar-refractivity contribution is 5.82. The molecule has 25 heavy (non-hydrogen) atoms. The van der Waals surface area contributed by atoms with Crippen LogP contribution in [0.2, 0.25) is 0 Å². The minimum atomic E-state index is -4.79. The summed E-state index contributed by atoms with van der Waals surface area (Å²) in [5.74, 6) is -0.623. The van der Waals surface area contributed by atoms with Crippen LogP contribution >= 0.6 is 0 Å². The molecule has 1 aliphatic rings. The number of benzene rings is 1. The molecule has 1 fully saturated rings. The second-order valence-electron chi connectivity index (χ2n) is 6.12. The molecule has 5 nitrogen and oxygen atoms in total. The second kappa shape index (κ2) is 8.53. The minimum Gasteiger partial charge on any atom is -0.405 e. The second-order valence-corrected chi connectivity index (χ2v) is 6.12. The van der Waals surface area contributed by atoms with Crippen LogP contribution in [0.5, 0.6) is 5.75 Å². The fourth-order valence-electron chi connectivity index (χ4n) is 3.11. The summed E-state index contributed by atoms with van der Waals surface area (Å²) in [6.07, 6.45) is -1.20. The number of ether oxygens (including phenoxy) is 2. The Balaban J connectivity index is 2.23. The molecule has 1 aliphatic carbocycles. The first-order valence-corrected chi connectivity index (χ1v) is 8.20. The monoisotopic (exact) mass is 360 g/mol. The highest BCUT2D eigenvalue weighted by Crippen LogP contribution is 2.30. The number of rotatable bonds is 7. The van der Waals surface area contributed by atoms with Gasteiger partial charge >= 0.3 is 6.36 Å². The Labute approximate surface area is 144 Å². The lowest BCUT2D eigenvalue weighted by Gasteiger charge is -2.32. The van der Waals surface area contributed by atoms with E-state index < -0.39 is 12.4 Å². The average molecular weight is 360 g/mol. The normalized spacial score (nSPS) is 16.7. The number of carbonyl (C=O) groups excluding carboxylic acids is 1. The molecule has 1 saturated carbocycles. The molecular formula is C17H23F3N2O3. The van der Waals surface area contributed by atoms with Gasteiger partial charge < -0.3 is 20.1 Å². The van der Waals surface area contributed by atoms with Gasteiger partial charge in [-0.3, -0.25) is 4.79 Å². The maximum atomic E-state index is 12.7. The molecule has 8 heteroatoms. The van der Waals surface area contributed by atoms with Gasteiger partial charge in [0.15, 0.2) is 0 Å². The third kappa shape index (κ3) is 5.61. The number of hydrogen-bond donors (Lipinski definition) is 1. The first-order chi connectivity index (χ1) is 11.8. The summed E-state index contributed by atoms with van der Waals surface area (Å²) < 4.78 is 46.8. The summed E-state index contributed by atoms with van der Waals surface area (Å²) in [5, 5.41) is 0. The quantitative estimate of drug-likeness (QED) is 0.812. The Morgan fingerprint density at radius 1 is 1.32 bits per heavy atom.